The van der Waals surface area contributed by atoms with Crippen molar-refractivity contribution in [2.24, 2.45) is 0 Å². The van der Waals surface area contributed by atoms with E-state index in [-0.39, 0.29) is 5.78 Å². The van der Waals surface area contributed by atoms with Gasteiger partial charge in [0.1, 0.15) is 0 Å². The van der Waals surface area contributed by atoms with Crippen LogP contribution in [-0.2, 0) is 0 Å². The van der Waals surface area contributed by atoms with Crippen LogP contribution in [0.5, 0.6) is 0 Å². The SMILES string of the molecule is CCCCCCCCCCCCCC(=O)c1ccc(C)c(Cl)c1. The highest BCUT2D eigenvalue weighted by Gasteiger charge is 2.07. The molecular formula is C21H33ClO. The number of aryl methyl sites for hydroxylation is 1. The summed E-state index contributed by atoms with van der Waals surface area (Å²) in [5.74, 6) is 0.225. The highest BCUT2D eigenvalue weighted by Crippen LogP contribution is 2.19. The highest BCUT2D eigenvalue weighted by atomic mass is 35.5. The third-order valence-corrected chi connectivity index (χ3v) is 4.91. The first-order valence-corrected chi connectivity index (χ1v) is 9.82. The van der Waals surface area contributed by atoms with Crippen LogP contribution in [0.25, 0.3) is 0 Å². The summed E-state index contributed by atoms with van der Waals surface area (Å²) in [6, 6.07) is 5.62. The van der Waals surface area contributed by atoms with Gasteiger partial charge in [-0.25, -0.2) is 0 Å². The molecule has 0 fully saturated rings. The normalized spacial score (nSPS) is 10.9. The molecule has 1 rings (SSSR count). The third-order valence-electron chi connectivity index (χ3n) is 4.50. The van der Waals surface area contributed by atoms with Crippen molar-refractivity contribution < 1.29 is 4.79 Å². The molecule has 23 heavy (non-hydrogen) atoms. The molecule has 0 radical (unpaired) electrons. The van der Waals surface area contributed by atoms with Gasteiger partial charge in [0.2, 0.25) is 0 Å². The lowest BCUT2D eigenvalue weighted by molar-refractivity contribution is 0.0979. The van der Waals surface area contributed by atoms with Gasteiger partial charge in [-0.1, -0.05) is 94.9 Å². The van der Waals surface area contributed by atoms with E-state index in [1.54, 1.807) is 6.07 Å². The second-order valence-corrected chi connectivity index (χ2v) is 7.08. The molecule has 0 amide bonds. The number of benzene rings is 1. The molecule has 0 spiro atoms. The molecule has 0 saturated heterocycles. The van der Waals surface area contributed by atoms with Crippen LogP contribution in [0, 0.1) is 6.92 Å². The third kappa shape index (κ3) is 9.15. The fraction of sp³-hybridized carbons (Fsp3) is 0.667. The van der Waals surface area contributed by atoms with Gasteiger partial charge in [-0.2, -0.15) is 0 Å². The number of unbranched alkanes of at least 4 members (excludes halogenated alkanes) is 10. The van der Waals surface area contributed by atoms with E-state index in [4.69, 9.17) is 11.6 Å². The van der Waals surface area contributed by atoms with Crippen molar-refractivity contribution in [3.63, 3.8) is 0 Å². The second kappa shape index (κ2) is 12.6. The van der Waals surface area contributed by atoms with Crippen LogP contribution in [0.4, 0.5) is 0 Å². The van der Waals surface area contributed by atoms with Crippen molar-refractivity contribution in [3.05, 3.63) is 34.3 Å². The fourth-order valence-corrected chi connectivity index (χ4v) is 3.04. The minimum absolute atomic E-state index is 0.225. The maximum atomic E-state index is 12.1. The van der Waals surface area contributed by atoms with Crippen LogP contribution >= 0.6 is 11.6 Å². The zero-order valence-corrected chi connectivity index (χ0v) is 15.8. The average Bonchev–Trinajstić information content (AvgIpc) is 2.55. The lowest BCUT2D eigenvalue weighted by Crippen LogP contribution is -1.99. The Labute approximate surface area is 147 Å². The molecule has 0 aliphatic rings. The van der Waals surface area contributed by atoms with Gasteiger partial charge in [0.25, 0.3) is 0 Å². The largest absolute Gasteiger partial charge is 0.294 e. The molecule has 0 atom stereocenters. The summed E-state index contributed by atoms with van der Waals surface area (Å²) in [6.45, 7) is 4.22. The number of hydrogen-bond acceptors (Lipinski definition) is 1. The van der Waals surface area contributed by atoms with Gasteiger partial charge in [0, 0.05) is 17.0 Å². The van der Waals surface area contributed by atoms with Gasteiger partial charge < -0.3 is 0 Å². The molecular weight excluding hydrogens is 304 g/mol. The van der Waals surface area contributed by atoms with Crippen molar-refractivity contribution >= 4 is 17.4 Å². The van der Waals surface area contributed by atoms with Gasteiger partial charge >= 0.3 is 0 Å². The molecule has 0 N–H and O–H groups in total. The van der Waals surface area contributed by atoms with E-state index >= 15 is 0 Å². The van der Waals surface area contributed by atoms with E-state index in [0.717, 1.165) is 17.5 Å². The predicted molar refractivity (Wildman–Crippen MR) is 102 cm³/mol. The fourth-order valence-electron chi connectivity index (χ4n) is 2.86. The molecule has 0 unspecified atom stereocenters. The smallest absolute Gasteiger partial charge is 0.162 e. The van der Waals surface area contributed by atoms with E-state index in [0.29, 0.717) is 11.4 Å². The van der Waals surface area contributed by atoms with Crippen molar-refractivity contribution in [3.8, 4) is 0 Å². The molecule has 1 aromatic rings. The summed E-state index contributed by atoms with van der Waals surface area (Å²) >= 11 is 6.08. The van der Waals surface area contributed by atoms with Crippen molar-refractivity contribution in [1.29, 1.82) is 0 Å². The van der Waals surface area contributed by atoms with Crippen molar-refractivity contribution in [2.45, 2.75) is 90.9 Å². The van der Waals surface area contributed by atoms with Crippen LogP contribution in [0.15, 0.2) is 18.2 Å². The lowest BCUT2D eigenvalue weighted by atomic mass is 10.0. The molecule has 0 heterocycles. The first-order chi connectivity index (χ1) is 11.1. The van der Waals surface area contributed by atoms with Gasteiger partial charge in [-0.15, -0.1) is 0 Å². The maximum absolute atomic E-state index is 12.1. The quantitative estimate of drug-likeness (QED) is 0.268. The van der Waals surface area contributed by atoms with E-state index < -0.39 is 0 Å². The molecule has 0 bridgehead atoms. The summed E-state index contributed by atoms with van der Waals surface area (Å²) < 4.78 is 0. The molecule has 0 aliphatic heterocycles. The zero-order valence-electron chi connectivity index (χ0n) is 15.0. The van der Waals surface area contributed by atoms with E-state index in [1.165, 1.54) is 64.2 Å². The molecule has 0 aromatic heterocycles. The number of ketones is 1. The molecule has 0 saturated carbocycles. The minimum Gasteiger partial charge on any atom is -0.294 e. The first-order valence-electron chi connectivity index (χ1n) is 9.44. The van der Waals surface area contributed by atoms with Gasteiger partial charge in [-0.05, 0) is 25.0 Å². The first kappa shape index (κ1) is 20.2. The summed E-state index contributed by atoms with van der Waals surface area (Å²) in [5.41, 5.74) is 1.78. The van der Waals surface area contributed by atoms with Crippen molar-refractivity contribution in [1.82, 2.24) is 0 Å². The molecule has 2 heteroatoms. The number of halogens is 1. The van der Waals surface area contributed by atoms with E-state index in [9.17, 15) is 4.79 Å². The molecule has 0 aliphatic carbocycles. The topological polar surface area (TPSA) is 17.1 Å². The van der Waals surface area contributed by atoms with Crippen LogP contribution in [0.3, 0.4) is 0 Å². The summed E-state index contributed by atoms with van der Waals surface area (Å²) in [5, 5.41) is 0.690. The van der Waals surface area contributed by atoms with E-state index in [1.807, 2.05) is 19.1 Å². The van der Waals surface area contributed by atoms with E-state index in [2.05, 4.69) is 6.92 Å². The Hall–Kier alpha value is -0.820. The van der Waals surface area contributed by atoms with Gasteiger partial charge in [0.15, 0.2) is 5.78 Å². The standard InChI is InChI=1S/C21H33ClO/c1-3-4-5-6-7-8-9-10-11-12-13-14-21(23)19-16-15-18(2)20(22)17-19/h15-17H,3-14H2,1-2H3. The van der Waals surface area contributed by atoms with Gasteiger partial charge in [-0.3, -0.25) is 4.79 Å². The molecule has 130 valence electrons. The number of carbonyl (C=O) groups is 1. The number of hydrogen-bond donors (Lipinski definition) is 0. The Balaban J connectivity index is 2.00. The summed E-state index contributed by atoms with van der Waals surface area (Å²) in [4.78, 5) is 12.1. The molecule has 1 aromatic carbocycles. The number of Topliss-reactive ketones (excluding diaryl/α,β-unsaturated/α-hetero) is 1. The second-order valence-electron chi connectivity index (χ2n) is 6.67. The van der Waals surface area contributed by atoms with Crippen LogP contribution in [0.1, 0.15) is 99.9 Å². The van der Waals surface area contributed by atoms with Crippen LogP contribution < -0.4 is 0 Å². The predicted octanol–water partition coefficient (Wildman–Crippen LogP) is 7.53. The zero-order chi connectivity index (χ0) is 16.9. The Morgan fingerprint density at radius 3 is 1.91 bits per heavy atom. The Bertz CT molecular complexity index is 453. The van der Waals surface area contributed by atoms with Gasteiger partial charge in [0.05, 0.1) is 0 Å². The Morgan fingerprint density at radius 1 is 0.870 bits per heavy atom. The van der Waals surface area contributed by atoms with Crippen LogP contribution in [-0.4, -0.2) is 5.78 Å². The number of carbonyl (C=O) groups excluding carboxylic acids is 1. The summed E-state index contributed by atoms with van der Waals surface area (Å²) in [6.07, 6.45) is 15.1. The average molecular weight is 337 g/mol. The maximum Gasteiger partial charge on any atom is 0.162 e. The summed E-state index contributed by atoms with van der Waals surface area (Å²) in [7, 11) is 0. The Morgan fingerprint density at radius 2 is 1.39 bits per heavy atom. The van der Waals surface area contributed by atoms with Crippen LogP contribution in [0.2, 0.25) is 5.02 Å². The monoisotopic (exact) mass is 336 g/mol. The number of rotatable bonds is 13. The minimum atomic E-state index is 0.225. The molecule has 1 nitrogen and oxygen atoms in total. The Kier molecular flexibility index (Phi) is 11.1. The lowest BCUT2D eigenvalue weighted by Gasteiger charge is -2.04. The van der Waals surface area contributed by atoms with Crippen molar-refractivity contribution in [2.75, 3.05) is 0 Å². The highest BCUT2D eigenvalue weighted by molar-refractivity contribution is 6.31.